The number of furan rings is 1. The summed E-state index contributed by atoms with van der Waals surface area (Å²) >= 11 is 0. The fourth-order valence-corrected chi connectivity index (χ4v) is 4.35. The van der Waals surface area contributed by atoms with Crippen LogP contribution in [0.15, 0.2) is 56.3 Å². The standard InChI is InChI=1S/C21H23N3O5S/c1-13(2)18(21-23-19(24-29-21)14-8-9-14)22-20(25)17-11-10-15(28-17)12-30(26,27)16-6-4-3-5-7-16/h3-7,10-11,13-14,18H,8-9,12H2,1-2H3,(H,22,25). The zero-order chi connectivity index (χ0) is 21.3. The number of rotatable bonds is 8. The van der Waals surface area contributed by atoms with E-state index in [1.54, 1.807) is 18.2 Å². The SMILES string of the molecule is CC(C)C(NC(=O)c1ccc(CS(=O)(=O)c2ccccc2)o1)c1nc(C2CC2)no1. The van der Waals surface area contributed by atoms with E-state index in [9.17, 15) is 13.2 Å². The van der Waals surface area contributed by atoms with Crippen molar-refractivity contribution in [3.63, 3.8) is 0 Å². The number of carbonyl (C=O) groups is 1. The maximum atomic E-state index is 12.7. The summed E-state index contributed by atoms with van der Waals surface area (Å²) in [6, 6.07) is 10.6. The molecule has 1 fully saturated rings. The van der Waals surface area contributed by atoms with Gasteiger partial charge in [-0.3, -0.25) is 4.79 Å². The molecule has 0 aliphatic heterocycles. The molecule has 4 rings (SSSR count). The number of hydrogen-bond acceptors (Lipinski definition) is 7. The number of nitrogens with one attached hydrogen (secondary N) is 1. The first kappa shape index (κ1) is 20.3. The second kappa shape index (κ2) is 8.06. The van der Waals surface area contributed by atoms with Crippen LogP contribution in [0.1, 0.15) is 66.7 Å². The van der Waals surface area contributed by atoms with Gasteiger partial charge in [0.05, 0.1) is 4.90 Å². The second-order valence-corrected chi connectivity index (χ2v) is 9.79. The van der Waals surface area contributed by atoms with Crippen molar-refractivity contribution < 1.29 is 22.2 Å². The lowest BCUT2D eigenvalue weighted by Gasteiger charge is -2.17. The van der Waals surface area contributed by atoms with Gasteiger partial charge in [-0.1, -0.05) is 37.2 Å². The van der Waals surface area contributed by atoms with Gasteiger partial charge in [-0.15, -0.1) is 0 Å². The predicted molar refractivity (Wildman–Crippen MR) is 107 cm³/mol. The molecule has 0 saturated heterocycles. The van der Waals surface area contributed by atoms with Crippen LogP contribution < -0.4 is 5.32 Å². The van der Waals surface area contributed by atoms with Gasteiger partial charge in [0.15, 0.2) is 21.4 Å². The Bertz CT molecular complexity index is 1130. The third-order valence-electron chi connectivity index (χ3n) is 4.94. The first-order valence-electron chi connectivity index (χ1n) is 9.84. The summed E-state index contributed by atoms with van der Waals surface area (Å²) in [4.78, 5) is 17.3. The quantitative estimate of drug-likeness (QED) is 0.581. The molecule has 1 amide bonds. The van der Waals surface area contributed by atoms with E-state index in [1.807, 2.05) is 13.8 Å². The minimum absolute atomic E-state index is 0.00865. The zero-order valence-electron chi connectivity index (χ0n) is 16.7. The fourth-order valence-electron chi connectivity index (χ4n) is 3.08. The minimum atomic E-state index is -3.56. The van der Waals surface area contributed by atoms with E-state index in [2.05, 4.69) is 15.5 Å². The Balaban J connectivity index is 1.46. The topological polar surface area (TPSA) is 115 Å². The molecule has 2 aromatic heterocycles. The Morgan fingerprint density at radius 2 is 1.90 bits per heavy atom. The van der Waals surface area contributed by atoms with E-state index < -0.39 is 21.8 Å². The molecule has 1 atom stereocenters. The molecule has 1 saturated carbocycles. The number of amides is 1. The van der Waals surface area contributed by atoms with E-state index in [1.165, 1.54) is 24.3 Å². The minimum Gasteiger partial charge on any atom is -0.455 e. The summed E-state index contributed by atoms with van der Waals surface area (Å²) in [6.45, 7) is 3.87. The lowest BCUT2D eigenvalue weighted by Crippen LogP contribution is -2.31. The van der Waals surface area contributed by atoms with E-state index in [0.29, 0.717) is 17.6 Å². The lowest BCUT2D eigenvalue weighted by molar-refractivity contribution is 0.0884. The molecule has 158 valence electrons. The van der Waals surface area contributed by atoms with E-state index >= 15 is 0 Å². The van der Waals surface area contributed by atoms with Gasteiger partial charge in [-0.2, -0.15) is 4.98 Å². The normalized spacial score (nSPS) is 15.3. The van der Waals surface area contributed by atoms with Gasteiger partial charge in [-0.05, 0) is 43.0 Å². The Labute approximate surface area is 174 Å². The maximum Gasteiger partial charge on any atom is 0.287 e. The van der Waals surface area contributed by atoms with Gasteiger partial charge >= 0.3 is 0 Å². The van der Waals surface area contributed by atoms with Gasteiger partial charge in [0.25, 0.3) is 5.91 Å². The highest BCUT2D eigenvalue weighted by Crippen LogP contribution is 2.38. The van der Waals surface area contributed by atoms with E-state index in [-0.39, 0.29) is 28.1 Å². The summed E-state index contributed by atoms with van der Waals surface area (Å²) in [6.07, 6.45) is 2.11. The smallest absolute Gasteiger partial charge is 0.287 e. The summed E-state index contributed by atoms with van der Waals surface area (Å²) in [7, 11) is -3.56. The molecule has 30 heavy (non-hydrogen) atoms. The second-order valence-electron chi connectivity index (χ2n) is 7.80. The van der Waals surface area contributed by atoms with Crippen LogP contribution in [-0.2, 0) is 15.6 Å². The van der Waals surface area contributed by atoms with Crippen LogP contribution >= 0.6 is 0 Å². The van der Waals surface area contributed by atoms with Crippen LogP contribution in [0, 0.1) is 5.92 Å². The molecule has 1 unspecified atom stereocenters. The van der Waals surface area contributed by atoms with Crippen LogP contribution in [0.4, 0.5) is 0 Å². The maximum absolute atomic E-state index is 12.7. The molecular weight excluding hydrogens is 406 g/mol. The highest BCUT2D eigenvalue weighted by molar-refractivity contribution is 7.90. The summed E-state index contributed by atoms with van der Waals surface area (Å²) in [5.41, 5.74) is 0. The zero-order valence-corrected chi connectivity index (χ0v) is 17.6. The van der Waals surface area contributed by atoms with Crippen LogP contribution in [-0.4, -0.2) is 24.5 Å². The number of sulfone groups is 1. The highest BCUT2D eigenvalue weighted by Gasteiger charge is 2.32. The summed E-state index contributed by atoms with van der Waals surface area (Å²) in [5, 5.41) is 6.86. The van der Waals surface area contributed by atoms with Gasteiger partial charge in [0.2, 0.25) is 5.89 Å². The molecule has 9 heteroatoms. The van der Waals surface area contributed by atoms with Crippen LogP contribution in [0.2, 0.25) is 0 Å². The molecular formula is C21H23N3O5S. The molecule has 8 nitrogen and oxygen atoms in total. The van der Waals surface area contributed by atoms with Crippen molar-refractivity contribution in [1.82, 2.24) is 15.5 Å². The van der Waals surface area contributed by atoms with Crippen LogP contribution in [0.5, 0.6) is 0 Å². The van der Waals surface area contributed by atoms with Crippen molar-refractivity contribution in [1.29, 1.82) is 0 Å². The molecule has 3 aromatic rings. The van der Waals surface area contributed by atoms with Crippen LogP contribution in [0.3, 0.4) is 0 Å². The van der Waals surface area contributed by atoms with Gasteiger partial charge in [0, 0.05) is 5.92 Å². The number of nitrogens with zero attached hydrogens (tertiary/aromatic N) is 2. The highest BCUT2D eigenvalue weighted by atomic mass is 32.2. The molecule has 1 N–H and O–H groups in total. The average molecular weight is 429 g/mol. The van der Waals surface area contributed by atoms with Gasteiger partial charge in [-0.25, -0.2) is 8.42 Å². The Morgan fingerprint density at radius 1 is 1.17 bits per heavy atom. The lowest BCUT2D eigenvalue weighted by atomic mass is 10.0. The first-order chi connectivity index (χ1) is 14.3. The van der Waals surface area contributed by atoms with Crippen molar-refractivity contribution in [2.45, 2.75) is 49.3 Å². The molecule has 0 radical (unpaired) electrons. The number of carbonyl (C=O) groups excluding carboxylic acids is 1. The molecule has 1 aliphatic rings. The number of benzene rings is 1. The first-order valence-corrected chi connectivity index (χ1v) is 11.5. The molecule has 2 heterocycles. The molecule has 1 aliphatic carbocycles. The van der Waals surface area contributed by atoms with E-state index in [0.717, 1.165) is 12.8 Å². The van der Waals surface area contributed by atoms with Crippen molar-refractivity contribution in [2.75, 3.05) is 0 Å². The Kier molecular flexibility index (Phi) is 5.46. The third kappa shape index (κ3) is 4.46. The van der Waals surface area contributed by atoms with Gasteiger partial charge < -0.3 is 14.3 Å². The Morgan fingerprint density at radius 3 is 2.57 bits per heavy atom. The largest absolute Gasteiger partial charge is 0.455 e. The van der Waals surface area contributed by atoms with Crippen molar-refractivity contribution in [3.8, 4) is 0 Å². The predicted octanol–water partition coefficient (Wildman–Crippen LogP) is 3.64. The fraction of sp³-hybridized carbons (Fsp3) is 0.381. The van der Waals surface area contributed by atoms with Gasteiger partial charge in [0.1, 0.15) is 17.6 Å². The number of hydrogen-bond donors (Lipinski definition) is 1. The molecule has 0 bridgehead atoms. The molecule has 0 spiro atoms. The summed E-state index contributed by atoms with van der Waals surface area (Å²) in [5.74, 6) is 0.823. The van der Waals surface area contributed by atoms with E-state index in [4.69, 9.17) is 8.94 Å². The summed E-state index contributed by atoms with van der Waals surface area (Å²) < 4.78 is 35.9. The van der Waals surface area contributed by atoms with Crippen LogP contribution in [0.25, 0.3) is 0 Å². The number of aromatic nitrogens is 2. The molecule has 1 aromatic carbocycles. The third-order valence-corrected chi connectivity index (χ3v) is 6.59. The average Bonchev–Trinajstić information content (AvgIpc) is 3.27. The van der Waals surface area contributed by atoms with Crippen molar-refractivity contribution in [2.24, 2.45) is 5.92 Å². The Hall–Kier alpha value is -2.94. The monoisotopic (exact) mass is 429 g/mol. The van der Waals surface area contributed by atoms with Crippen molar-refractivity contribution >= 4 is 15.7 Å². The van der Waals surface area contributed by atoms with Crippen molar-refractivity contribution in [3.05, 3.63) is 65.7 Å².